The van der Waals surface area contributed by atoms with Gasteiger partial charge < -0.3 is 14.8 Å². The van der Waals surface area contributed by atoms with Crippen molar-refractivity contribution in [3.05, 3.63) is 12.7 Å². The van der Waals surface area contributed by atoms with Crippen LogP contribution in [0, 0.1) is 5.92 Å². The van der Waals surface area contributed by atoms with Crippen LogP contribution in [0.3, 0.4) is 0 Å². The predicted octanol–water partition coefficient (Wildman–Crippen LogP) is 1.67. The summed E-state index contributed by atoms with van der Waals surface area (Å²) in [5.41, 5.74) is 0. The molecule has 0 aliphatic rings. The van der Waals surface area contributed by atoms with Crippen LogP contribution in [0.1, 0.15) is 33.6 Å². The molecule has 0 aromatic carbocycles. The molecule has 0 radical (unpaired) electrons. The van der Waals surface area contributed by atoms with E-state index < -0.39 is 6.04 Å². The number of hydrogen-bond acceptors (Lipinski definition) is 4. The molecule has 19 heavy (non-hydrogen) atoms. The Balaban J connectivity index is 4.17. The van der Waals surface area contributed by atoms with Crippen molar-refractivity contribution in [3.8, 4) is 0 Å². The van der Waals surface area contributed by atoms with Crippen LogP contribution in [0.2, 0.25) is 0 Å². The molecule has 0 saturated heterocycles. The first-order chi connectivity index (χ1) is 9.01. The molecule has 5 heteroatoms. The van der Waals surface area contributed by atoms with Crippen LogP contribution >= 0.6 is 0 Å². The number of ether oxygens (including phenoxy) is 2. The summed E-state index contributed by atoms with van der Waals surface area (Å²) in [7, 11) is 0. The third kappa shape index (κ3) is 9.25. The maximum atomic E-state index is 11.7. The van der Waals surface area contributed by atoms with Crippen molar-refractivity contribution in [2.75, 3.05) is 19.8 Å². The second kappa shape index (κ2) is 10.6. The summed E-state index contributed by atoms with van der Waals surface area (Å²) in [6.45, 7) is 10.2. The summed E-state index contributed by atoms with van der Waals surface area (Å²) >= 11 is 0. The first-order valence-electron chi connectivity index (χ1n) is 6.63. The minimum Gasteiger partial charge on any atom is -0.464 e. The van der Waals surface area contributed by atoms with Gasteiger partial charge in [-0.2, -0.15) is 0 Å². The van der Waals surface area contributed by atoms with E-state index in [1.165, 1.54) is 6.92 Å². The molecule has 0 aliphatic heterocycles. The molecule has 0 rings (SSSR count). The summed E-state index contributed by atoms with van der Waals surface area (Å²) in [6, 6.07) is -0.577. The number of carbonyl (C=O) groups excluding carboxylic acids is 2. The van der Waals surface area contributed by atoms with Crippen molar-refractivity contribution in [1.29, 1.82) is 0 Å². The Morgan fingerprint density at radius 3 is 2.63 bits per heavy atom. The molecule has 0 saturated carbocycles. The summed E-state index contributed by atoms with van der Waals surface area (Å²) in [5, 5.41) is 2.63. The van der Waals surface area contributed by atoms with Gasteiger partial charge in [0.15, 0.2) is 0 Å². The largest absolute Gasteiger partial charge is 0.464 e. The Kier molecular flexibility index (Phi) is 9.80. The van der Waals surface area contributed by atoms with Gasteiger partial charge in [0.2, 0.25) is 5.91 Å². The SMILES string of the molecule is C=CCOCC[C@@H](C)C[C@@H](NC(C)=O)C(=O)OCC. The van der Waals surface area contributed by atoms with Gasteiger partial charge in [-0.15, -0.1) is 6.58 Å². The average Bonchev–Trinajstić information content (AvgIpc) is 2.33. The molecule has 0 aromatic rings. The molecule has 0 bridgehead atoms. The quantitative estimate of drug-likeness (QED) is 0.373. The highest BCUT2D eigenvalue weighted by atomic mass is 16.5. The number of esters is 1. The zero-order valence-corrected chi connectivity index (χ0v) is 12.1. The van der Waals surface area contributed by atoms with E-state index in [1.807, 2.05) is 6.92 Å². The summed E-state index contributed by atoms with van der Waals surface area (Å²) in [4.78, 5) is 22.8. The minimum atomic E-state index is -0.577. The van der Waals surface area contributed by atoms with E-state index in [4.69, 9.17) is 9.47 Å². The van der Waals surface area contributed by atoms with Crippen molar-refractivity contribution in [2.24, 2.45) is 5.92 Å². The summed E-state index contributed by atoms with van der Waals surface area (Å²) < 4.78 is 10.3. The van der Waals surface area contributed by atoms with Crippen molar-refractivity contribution < 1.29 is 19.1 Å². The summed E-state index contributed by atoms with van der Waals surface area (Å²) in [5.74, 6) is -0.351. The lowest BCUT2D eigenvalue weighted by Gasteiger charge is -2.20. The van der Waals surface area contributed by atoms with E-state index in [-0.39, 0.29) is 17.8 Å². The van der Waals surface area contributed by atoms with E-state index in [9.17, 15) is 9.59 Å². The zero-order valence-electron chi connectivity index (χ0n) is 12.1. The fraction of sp³-hybridized carbons (Fsp3) is 0.714. The van der Waals surface area contributed by atoms with Gasteiger partial charge in [-0.25, -0.2) is 4.79 Å². The molecule has 110 valence electrons. The number of rotatable bonds is 10. The van der Waals surface area contributed by atoms with Crippen molar-refractivity contribution in [1.82, 2.24) is 5.32 Å². The highest BCUT2D eigenvalue weighted by Crippen LogP contribution is 2.12. The van der Waals surface area contributed by atoms with E-state index in [0.717, 1.165) is 6.42 Å². The van der Waals surface area contributed by atoms with E-state index in [2.05, 4.69) is 11.9 Å². The third-order valence-corrected chi connectivity index (χ3v) is 2.58. The molecule has 0 heterocycles. The molecule has 0 unspecified atom stereocenters. The standard InChI is InChI=1S/C14H25NO4/c1-5-8-18-9-7-11(3)10-13(15-12(4)16)14(17)19-6-2/h5,11,13H,1,6-10H2,2-4H3,(H,15,16)/t11-,13-/m1/s1. The van der Waals surface area contributed by atoms with Crippen LogP contribution in [0.5, 0.6) is 0 Å². The summed E-state index contributed by atoms with van der Waals surface area (Å²) in [6.07, 6.45) is 3.07. The van der Waals surface area contributed by atoms with E-state index in [0.29, 0.717) is 26.2 Å². The fourth-order valence-corrected chi connectivity index (χ4v) is 1.67. The van der Waals surface area contributed by atoms with Crippen LogP contribution in [-0.4, -0.2) is 37.7 Å². The molecule has 2 atom stereocenters. The third-order valence-electron chi connectivity index (χ3n) is 2.58. The smallest absolute Gasteiger partial charge is 0.328 e. The number of carbonyl (C=O) groups is 2. The lowest BCUT2D eigenvalue weighted by Crippen LogP contribution is -2.42. The van der Waals surface area contributed by atoms with Crippen molar-refractivity contribution in [3.63, 3.8) is 0 Å². The number of hydrogen-bond donors (Lipinski definition) is 1. The Hall–Kier alpha value is -1.36. The molecule has 0 spiro atoms. The minimum absolute atomic E-state index is 0.229. The molecule has 0 aromatic heterocycles. The maximum Gasteiger partial charge on any atom is 0.328 e. The monoisotopic (exact) mass is 271 g/mol. The van der Waals surface area contributed by atoms with Gasteiger partial charge in [-0.1, -0.05) is 13.0 Å². The maximum absolute atomic E-state index is 11.7. The topological polar surface area (TPSA) is 64.6 Å². The second-order valence-electron chi connectivity index (χ2n) is 4.50. The van der Waals surface area contributed by atoms with Gasteiger partial charge in [-0.05, 0) is 25.7 Å². The van der Waals surface area contributed by atoms with Gasteiger partial charge in [0.1, 0.15) is 6.04 Å². The predicted molar refractivity (Wildman–Crippen MR) is 73.7 cm³/mol. The fourth-order valence-electron chi connectivity index (χ4n) is 1.67. The lowest BCUT2D eigenvalue weighted by atomic mass is 9.99. The van der Waals surface area contributed by atoms with Crippen LogP contribution in [-0.2, 0) is 19.1 Å². The van der Waals surface area contributed by atoms with Gasteiger partial charge in [0.25, 0.3) is 0 Å². The Morgan fingerprint density at radius 1 is 1.42 bits per heavy atom. The number of nitrogens with one attached hydrogen (secondary N) is 1. The van der Waals surface area contributed by atoms with Crippen molar-refractivity contribution in [2.45, 2.75) is 39.7 Å². The average molecular weight is 271 g/mol. The highest BCUT2D eigenvalue weighted by molar-refractivity contribution is 5.83. The van der Waals surface area contributed by atoms with Crippen LogP contribution in [0.4, 0.5) is 0 Å². The first-order valence-corrected chi connectivity index (χ1v) is 6.63. The van der Waals surface area contributed by atoms with Crippen LogP contribution in [0.15, 0.2) is 12.7 Å². The highest BCUT2D eigenvalue weighted by Gasteiger charge is 2.22. The lowest BCUT2D eigenvalue weighted by molar-refractivity contribution is -0.147. The Morgan fingerprint density at radius 2 is 2.11 bits per heavy atom. The van der Waals surface area contributed by atoms with Crippen LogP contribution < -0.4 is 5.32 Å². The van der Waals surface area contributed by atoms with Crippen LogP contribution in [0.25, 0.3) is 0 Å². The van der Waals surface area contributed by atoms with Gasteiger partial charge in [-0.3, -0.25) is 4.79 Å². The molecule has 1 amide bonds. The molecule has 5 nitrogen and oxygen atoms in total. The molecular formula is C14H25NO4. The normalized spacial score (nSPS) is 13.4. The van der Waals surface area contributed by atoms with E-state index >= 15 is 0 Å². The second-order valence-corrected chi connectivity index (χ2v) is 4.50. The molecule has 0 aliphatic carbocycles. The first kappa shape index (κ1) is 17.6. The number of amides is 1. The van der Waals surface area contributed by atoms with Gasteiger partial charge >= 0.3 is 5.97 Å². The van der Waals surface area contributed by atoms with E-state index in [1.54, 1.807) is 13.0 Å². The molecule has 1 N–H and O–H groups in total. The Bertz CT molecular complexity index is 291. The van der Waals surface area contributed by atoms with Crippen molar-refractivity contribution >= 4 is 11.9 Å². The van der Waals surface area contributed by atoms with Gasteiger partial charge in [0.05, 0.1) is 13.2 Å². The molecule has 0 fully saturated rings. The zero-order chi connectivity index (χ0) is 14.7. The van der Waals surface area contributed by atoms with Gasteiger partial charge in [0, 0.05) is 13.5 Å². The Labute approximate surface area is 115 Å². The molecular weight excluding hydrogens is 246 g/mol.